The van der Waals surface area contributed by atoms with Crippen LogP contribution in [0.3, 0.4) is 0 Å². The van der Waals surface area contributed by atoms with Crippen molar-refractivity contribution in [3.8, 4) is 5.75 Å². The van der Waals surface area contributed by atoms with Gasteiger partial charge in [0.1, 0.15) is 18.0 Å². The number of phosphoric ester groups is 1. The molecule has 36 heavy (non-hydrogen) atoms. The van der Waals surface area contributed by atoms with Gasteiger partial charge in [-0.2, -0.15) is 0 Å². The highest BCUT2D eigenvalue weighted by Crippen LogP contribution is 2.52. The van der Waals surface area contributed by atoms with Crippen LogP contribution in [0.15, 0.2) is 52.2 Å². The van der Waals surface area contributed by atoms with E-state index >= 15 is 4.39 Å². The van der Waals surface area contributed by atoms with Crippen molar-refractivity contribution in [2.75, 3.05) is 6.61 Å². The van der Waals surface area contributed by atoms with Gasteiger partial charge in [-0.25, -0.2) is 18.5 Å². The number of carbonyl (C=O) groups is 1. The number of aromatic nitrogens is 2. The Hall–Kier alpha value is -2.54. The normalized spacial score (nSPS) is 26.4. The Kier molecular flexibility index (Phi) is 8.75. The lowest BCUT2D eigenvalue weighted by atomic mass is 10.1. The highest BCUT2D eigenvalue weighted by atomic mass is 35.5. The Bertz CT molecular complexity index is 1220. The molecule has 1 fully saturated rings. The van der Waals surface area contributed by atoms with Gasteiger partial charge in [0.05, 0.1) is 12.7 Å². The van der Waals surface area contributed by atoms with Crippen molar-refractivity contribution < 1.29 is 41.9 Å². The Morgan fingerprint density at radius 1 is 1.28 bits per heavy atom. The molecule has 0 saturated carbocycles. The van der Waals surface area contributed by atoms with Crippen LogP contribution in [0.25, 0.3) is 0 Å². The van der Waals surface area contributed by atoms with Gasteiger partial charge in [-0.15, -0.1) is 0 Å². The van der Waals surface area contributed by atoms with Crippen LogP contribution in [0.1, 0.15) is 27.0 Å². The van der Waals surface area contributed by atoms with E-state index in [-0.39, 0.29) is 5.75 Å². The Morgan fingerprint density at radius 2 is 1.94 bits per heavy atom. The van der Waals surface area contributed by atoms with Crippen molar-refractivity contribution in [3.05, 3.63) is 63.4 Å². The predicted molar refractivity (Wildman–Crippen MR) is 123 cm³/mol. The predicted octanol–water partition coefficient (Wildman–Crippen LogP) is 2.26. The van der Waals surface area contributed by atoms with Crippen molar-refractivity contribution in [1.29, 1.82) is 0 Å². The molecule has 0 spiro atoms. The molecule has 3 rings (SSSR count). The number of H-pyrrole nitrogens is 1. The standard InChI is InChI=1S/C21H25ClFN2O10P/c1-12(2)32-18(28)13(3)34-36(30,35-14-7-5-4-6-8-14)31-11-15-17(27)21(22,23)19(33-15)25-10-9-16(26)24-20(25)29/h4-10,12-13,15,17,19,27H,11H2,1-3H3,(H,24,26,29)/t13-,15+,17+,19+,21+,36?/m0/s1. The molecule has 0 bridgehead atoms. The fourth-order valence-corrected chi connectivity index (χ4v) is 4.77. The van der Waals surface area contributed by atoms with E-state index in [1.165, 1.54) is 19.1 Å². The lowest BCUT2D eigenvalue weighted by Gasteiger charge is -2.24. The molecule has 0 aliphatic carbocycles. The second-order valence-corrected chi connectivity index (χ2v) is 10.2. The van der Waals surface area contributed by atoms with Crippen LogP contribution in [-0.2, 0) is 27.9 Å². The monoisotopic (exact) mass is 550 g/mol. The molecule has 1 aliphatic rings. The van der Waals surface area contributed by atoms with E-state index in [2.05, 4.69) is 0 Å². The number of nitrogens with zero attached hydrogens (tertiary/aromatic N) is 1. The number of rotatable bonds is 10. The van der Waals surface area contributed by atoms with Gasteiger partial charge in [0.25, 0.3) is 10.7 Å². The minimum absolute atomic E-state index is 0.0630. The Labute approximate surface area is 209 Å². The number of aromatic amines is 1. The molecule has 6 atom stereocenters. The van der Waals surface area contributed by atoms with E-state index in [4.69, 9.17) is 34.6 Å². The molecule has 198 valence electrons. The maximum absolute atomic E-state index is 15.2. The number of phosphoric acid groups is 1. The molecule has 15 heteroatoms. The lowest BCUT2D eigenvalue weighted by molar-refractivity contribution is -0.156. The first-order valence-corrected chi connectivity index (χ1v) is 12.6. The minimum atomic E-state index is -4.60. The molecule has 0 amide bonds. The van der Waals surface area contributed by atoms with E-state index in [0.717, 1.165) is 12.3 Å². The Balaban J connectivity index is 1.80. The fourth-order valence-electron chi connectivity index (χ4n) is 3.14. The quantitative estimate of drug-likeness (QED) is 0.255. The number of para-hydroxylation sites is 1. The summed E-state index contributed by atoms with van der Waals surface area (Å²) in [6.45, 7) is 3.70. The molecule has 12 nitrogen and oxygen atoms in total. The van der Waals surface area contributed by atoms with Gasteiger partial charge in [0.15, 0.2) is 12.3 Å². The summed E-state index contributed by atoms with van der Waals surface area (Å²) in [4.78, 5) is 37.5. The molecule has 1 saturated heterocycles. The van der Waals surface area contributed by atoms with Crippen LogP contribution >= 0.6 is 19.4 Å². The van der Waals surface area contributed by atoms with Crippen molar-refractivity contribution in [2.24, 2.45) is 0 Å². The summed E-state index contributed by atoms with van der Waals surface area (Å²) in [6.07, 6.45) is -6.44. The summed E-state index contributed by atoms with van der Waals surface area (Å²) in [6, 6.07) is 8.66. The van der Waals surface area contributed by atoms with Crippen LogP contribution < -0.4 is 15.8 Å². The van der Waals surface area contributed by atoms with Crippen LogP contribution in [-0.4, -0.2) is 56.8 Å². The molecule has 2 N–H and O–H groups in total. The third-order valence-electron chi connectivity index (χ3n) is 4.81. The number of aliphatic hydroxyl groups is 1. The van der Waals surface area contributed by atoms with Crippen LogP contribution in [0.2, 0.25) is 0 Å². The van der Waals surface area contributed by atoms with Crippen LogP contribution in [0.4, 0.5) is 4.39 Å². The summed E-state index contributed by atoms with van der Waals surface area (Å²) in [5, 5.41) is 7.37. The van der Waals surface area contributed by atoms with Gasteiger partial charge in [0, 0.05) is 12.3 Å². The number of ether oxygens (including phenoxy) is 2. The van der Waals surface area contributed by atoms with Crippen LogP contribution in [0.5, 0.6) is 5.75 Å². The molecular formula is C21H25ClFN2O10P. The number of alkyl halides is 2. The van der Waals surface area contributed by atoms with Gasteiger partial charge in [-0.05, 0) is 32.9 Å². The highest BCUT2D eigenvalue weighted by Gasteiger charge is 2.58. The molecule has 0 radical (unpaired) electrons. The molecule has 1 aromatic carbocycles. The number of nitrogens with one attached hydrogen (secondary N) is 1. The number of aliphatic hydroxyl groups excluding tert-OH is 1. The van der Waals surface area contributed by atoms with E-state index in [9.17, 15) is 24.1 Å². The highest BCUT2D eigenvalue weighted by molar-refractivity contribution is 7.49. The molecule has 1 aromatic heterocycles. The third-order valence-corrected chi connectivity index (χ3v) is 6.70. The maximum atomic E-state index is 15.2. The minimum Gasteiger partial charge on any atom is -0.461 e. The number of benzene rings is 1. The van der Waals surface area contributed by atoms with Crippen molar-refractivity contribution in [2.45, 2.75) is 56.5 Å². The van der Waals surface area contributed by atoms with Crippen LogP contribution in [0, 0.1) is 0 Å². The topological polar surface area (TPSA) is 155 Å². The zero-order valence-electron chi connectivity index (χ0n) is 19.4. The zero-order valence-corrected chi connectivity index (χ0v) is 21.1. The lowest BCUT2D eigenvalue weighted by Crippen LogP contribution is -2.42. The average Bonchev–Trinajstić information content (AvgIpc) is 3.01. The SMILES string of the molecule is CC(C)OC(=O)[C@H](C)OP(=O)(OC[C@H]1O[C@@H](n2ccc(=O)[nH]c2=O)[C@@](F)(Cl)[C@@H]1O)Oc1ccccc1. The number of hydrogen-bond donors (Lipinski definition) is 2. The number of esters is 1. The van der Waals surface area contributed by atoms with Gasteiger partial charge < -0.3 is 19.1 Å². The number of carbonyl (C=O) groups excluding carboxylic acids is 1. The van der Waals surface area contributed by atoms with Crippen molar-refractivity contribution in [3.63, 3.8) is 0 Å². The largest absolute Gasteiger partial charge is 0.530 e. The maximum Gasteiger partial charge on any atom is 0.530 e. The summed E-state index contributed by atoms with van der Waals surface area (Å²) in [7, 11) is -4.60. The number of halogens is 2. The first-order chi connectivity index (χ1) is 16.8. The second kappa shape index (κ2) is 11.2. The summed E-state index contributed by atoms with van der Waals surface area (Å²) in [5.74, 6) is -0.781. The third kappa shape index (κ3) is 6.61. The first kappa shape index (κ1) is 28.0. The first-order valence-electron chi connectivity index (χ1n) is 10.7. The van der Waals surface area contributed by atoms with Crippen molar-refractivity contribution in [1.82, 2.24) is 9.55 Å². The summed E-state index contributed by atoms with van der Waals surface area (Å²) < 4.78 is 55.6. The van der Waals surface area contributed by atoms with E-state index in [1.54, 1.807) is 32.0 Å². The van der Waals surface area contributed by atoms with Gasteiger partial charge in [0.2, 0.25) is 0 Å². The van der Waals surface area contributed by atoms with Crippen molar-refractivity contribution >= 4 is 25.4 Å². The molecular weight excluding hydrogens is 526 g/mol. The summed E-state index contributed by atoms with van der Waals surface area (Å²) >= 11 is 5.84. The van der Waals surface area contributed by atoms with E-state index < -0.39 is 67.4 Å². The second-order valence-electron chi connectivity index (χ2n) is 8.04. The van der Waals surface area contributed by atoms with E-state index in [1.807, 2.05) is 4.98 Å². The number of hydrogen-bond acceptors (Lipinski definition) is 10. The van der Waals surface area contributed by atoms with E-state index in [0.29, 0.717) is 4.57 Å². The fraction of sp³-hybridized carbons (Fsp3) is 0.476. The zero-order chi connectivity index (χ0) is 26.7. The summed E-state index contributed by atoms with van der Waals surface area (Å²) in [5.41, 5.74) is -1.78. The molecule has 1 unspecified atom stereocenters. The van der Waals surface area contributed by atoms with Gasteiger partial charge in [-0.1, -0.05) is 29.8 Å². The van der Waals surface area contributed by atoms with Gasteiger partial charge >= 0.3 is 19.5 Å². The average molecular weight is 551 g/mol. The molecule has 1 aliphatic heterocycles. The molecule has 2 aromatic rings. The smallest absolute Gasteiger partial charge is 0.461 e. The molecule has 2 heterocycles. The van der Waals surface area contributed by atoms with Gasteiger partial charge in [-0.3, -0.25) is 23.4 Å². The Morgan fingerprint density at radius 3 is 2.56 bits per heavy atom.